The van der Waals surface area contributed by atoms with Gasteiger partial charge in [-0.05, 0) is 48.7 Å². The van der Waals surface area contributed by atoms with Gasteiger partial charge < -0.3 is 21.1 Å². The van der Waals surface area contributed by atoms with Gasteiger partial charge in [0.1, 0.15) is 0 Å². The Morgan fingerprint density at radius 2 is 1.74 bits per heavy atom. The number of hydrogen-bond acceptors (Lipinski definition) is 7. The summed E-state index contributed by atoms with van der Waals surface area (Å²) in [5.41, 5.74) is 11.3. The summed E-state index contributed by atoms with van der Waals surface area (Å²) < 4.78 is 30.1. The number of carbonyl (C=O) groups is 2. The van der Waals surface area contributed by atoms with Gasteiger partial charge in [-0.3, -0.25) is 4.79 Å². The Bertz CT molecular complexity index is 1470. The highest BCUT2D eigenvalue weighted by atomic mass is 32.2. The van der Waals surface area contributed by atoms with Gasteiger partial charge in [0, 0.05) is 23.8 Å². The van der Waals surface area contributed by atoms with E-state index in [1.165, 1.54) is 0 Å². The van der Waals surface area contributed by atoms with Crippen molar-refractivity contribution in [3.05, 3.63) is 95.1 Å². The van der Waals surface area contributed by atoms with Gasteiger partial charge in [-0.15, -0.1) is 0 Å². The molecule has 3 aromatic carbocycles. The molecule has 0 spiro atoms. The first-order valence-corrected chi connectivity index (χ1v) is 14.0. The zero-order valence-electron chi connectivity index (χ0n) is 21.2. The molecular weight excluding hydrogens is 504 g/mol. The van der Waals surface area contributed by atoms with Crippen LogP contribution in [0.5, 0.6) is 0 Å². The van der Waals surface area contributed by atoms with Crippen molar-refractivity contribution in [2.45, 2.75) is 19.4 Å². The average Bonchev–Trinajstić information content (AvgIpc) is 3.22. The minimum atomic E-state index is -3.27. The summed E-state index contributed by atoms with van der Waals surface area (Å²) in [7, 11) is -3.27. The van der Waals surface area contributed by atoms with E-state index in [0.29, 0.717) is 34.5 Å². The lowest BCUT2D eigenvalue weighted by atomic mass is 9.98. The van der Waals surface area contributed by atoms with E-state index in [-0.39, 0.29) is 25.1 Å². The molecule has 1 unspecified atom stereocenters. The summed E-state index contributed by atoms with van der Waals surface area (Å²) in [5.74, 6) is -0.738. The maximum absolute atomic E-state index is 13.2. The minimum Gasteiger partial charge on any atom is -0.462 e. The van der Waals surface area contributed by atoms with Crippen molar-refractivity contribution in [2.24, 2.45) is 5.73 Å². The molecule has 0 fully saturated rings. The highest BCUT2D eigenvalue weighted by Crippen LogP contribution is 2.38. The Balaban J connectivity index is 1.64. The van der Waals surface area contributed by atoms with Gasteiger partial charge in [-0.1, -0.05) is 48.5 Å². The van der Waals surface area contributed by atoms with Crippen molar-refractivity contribution in [1.82, 2.24) is 4.72 Å². The van der Waals surface area contributed by atoms with Crippen LogP contribution in [0, 0.1) is 0 Å². The van der Waals surface area contributed by atoms with Crippen LogP contribution >= 0.6 is 0 Å². The van der Waals surface area contributed by atoms with Crippen LogP contribution in [-0.2, 0) is 19.6 Å². The highest BCUT2D eigenvalue weighted by Gasteiger charge is 2.29. The topological polar surface area (TPSA) is 140 Å². The molecule has 1 aliphatic heterocycles. The van der Waals surface area contributed by atoms with Gasteiger partial charge in [0.15, 0.2) is 0 Å². The Morgan fingerprint density at radius 3 is 2.39 bits per heavy atom. The first kappa shape index (κ1) is 27.1. The van der Waals surface area contributed by atoms with Crippen LogP contribution in [0.2, 0.25) is 0 Å². The Hall–Kier alpha value is -3.99. The molecule has 0 aliphatic carbocycles. The number of ether oxygens (including phenoxy) is 1. The van der Waals surface area contributed by atoms with Gasteiger partial charge in [0.25, 0.3) is 5.91 Å². The maximum atomic E-state index is 13.2. The van der Waals surface area contributed by atoms with Crippen LogP contribution in [0.3, 0.4) is 0 Å². The number of fused-ring (bicyclic) bond motifs is 1. The summed E-state index contributed by atoms with van der Waals surface area (Å²) in [6.07, 6.45) is 1.56. The molecule has 5 N–H and O–H groups in total. The molecular formula is C28H30N4O5S. The smallest absolute Gasteiger partial charge is 0.338 e. The summed E-state index contributed by atoms with van der Waals surface area (Å²) in [4.78, 5) is 25.4. The molecule has 3 aromatic rings. The molecule has 0 bridgehead atoms. The predicted octanol–water partition coefficient (Wildman–Crippen LogP) is 3.73. The first-order valence-electron chi connectivity index (χ1n) is 12.2. The minimum absolute atomic E-state index is 0.247. The number of benzene rings is 3. The van der Waals surface area contributed by atoms with Gasteiger partial charge in [0.2, 0.25) is 10.0 Å². The number of amides is 1. The number of nitrogens with two attached hydrogens (primary N) is 1. The maximum Gasteiger partial charge on any atom is 0.338 e. The normalized spacial score (nSPS) is 14.9. The second kappa shape index (κ2) is 11.6. The van der Waals surface area contributed by atoms with Gasteiger partial charge in [0.05, 0.1) is 35.4 Å². The quantitative estimate of drug-likeness (QED) is 0.230. The molecule has 10 heteroatoms. The largest absolute Gasteiger partial charge is 0.462 e. The van der Waals surface area contributed by atoms with E-state index in [4.69, 9.17) is 10.5 Å². The Labute approximate surface area is 222 Å². The second-order valence-corrected chi connectivity index (χ2v) is 10.7. The van der Waals surface area contributed by atoms with Crippen molar-refractivity contribution < 1.29 is 22.7 Å². The Kier molecular flexibility index (Phi) is 8.26. The number of anilines is 2. The molecule has 0 aromatic heterocycles. The second-order valence-electron chi connectivity index (χ2n) is 8.86. The van der Waals surface area contributed by atoms with Gasteiger partial charge >= 0.3 is 5.97 Å². The molecule has 0 radical (unpaired) electrons. The lowest BCUT2D eigenvalue weighted by molar-refractivity contribution is -0.110. The van der Waals surface area contributed by atoms with Crippen molar-refractivity contribution in [3.8, 4) is 0 Å². The van der Waals surface area contributed by atoms with E-state index >= 15 is 0 Å². The highest BCUT2D eigenvalue weighted by molar-refractivity contribution is 7.88. The molecule has 0 saturated carbocycles. The zero-order valence-corrected chi connectivity index (χ0v) is 22.0. The SMILES string of the molecule is CCOC(=O)c1ccc2c(c1)NC(=O)C2=C(Nc1ccc(C(N)CCNS(C)(=O)=O)cc1)c1ccccc1. The zero-order chi connectivity index (χ0) is 27.3. The van der Waals surface area contributed by atoms with E-state index < -0.39 is 16.0 Å². The fourth-order valence-electron chi connectivity index (χ4n) is 4.17. The molecule has 38 heavy (non-hydrogen) atoms. The summed E-state index contributed by atoms with van der Waals surface area (Å²) in [6.45, 7) is 2.25. The van der Waals surface area contributed by atoms with Crippen LogP contribution in [-0.4, -0.2) is 39.7 Å². The molecule has 9 nitrogen and oxygen atoms in total. The Morgan fingerprint density at radius 1 is 1.03 bits per heavy atom. The summed E-state index contributed by atoms with van der Waals surface area (Å²) in [6, 6.07) is 21.6. The summed E-state index contributed by atoms with van der Waals surface area (Å²) >= 11 is 0. The van der Waals surface area contributed by atoms with Crippen molar-refractivity contribution in [1.29, 1.82) is 0 Å². The number of nitrogens with one attached hydrogen (secondary N) is 3. The number of esters is 1. The standard InChI is InChI=1S/C28H30N4O5S/c1-3-37-28(34)20-11-14-22-24(17-20)32-27(33)25(22)26(19-7-5-4-6-8-19)31-21-12-9-18(10-13-21)23(29)15-16-30-38(2,35)36/h4-14,17,23,30-31H,3,15-16,29H2,1-2H3,(H,32,33). The molecule has 198 valence electrons. The fraction of sp³-hybridized carbons (Fsp3) is 0.214. The molecule has 1 amide bonds. The van der Waals surface area contributed by atoms with E-state index in [0.717, 1.165) is 23.1 Å². The molecule has 1 heterocycles. The van der Waals surface area contributed by atoms with Gasteiger partial charge in [-0.2, -0.15) is 0 Å². The van der Waals surface area contributed by atoms with Crippen LogP contribution in [0.4, 0.5) is 11.4 Å². The number of rotatable bonds is 10. The molecule has 1 atom stereocenters. The summed E-state index contributed by atoms with van der Waals surface area (Å²) in [5, 5.41) is 6.26. The molecule has 1 aliphatic rings. The third-order valence-electron chi connectivity index (χ3n) is 6.02. The van der Waals surface area contributed by atoms with E-state index in [1.807, 2.05) is 54.6 Å². The van der Waals surface area contributed by atoms with E-state index in [9.17, 15) is 18.0 Å². The third-order valence-corrected chi connectivity index (χ3v) is 6.74. The first-order chi connectivity index (χ1) is 18.2. The molecule has 0 saturated heterocycles. The fourth-order valence-corrected chi connectivity index (χ4v) is 4.66. The lowest BCUT2D eigenvalue weighted by Crippen LogP contribution is -2.26. The monoisotopic (exact) mass is 534 g/mol. The lowest BCUT2D eigenvalue weighted by Gasteiger charge is -2.16. The van der Waals surface area contributed by atoms with Crippen LogP contribution in [0.15, 0.2) is 72.8 Å². The van der Waals surface area contributed by atoms with Crippen molar-refractivity contribution in [2.75, 3.05) is 30.0 Å². The van der Waals surface area contributed by atoms with E-state index in [2.05, 4.69) is 15.4 Å². The molecule has 4 rings (SSSR count). The number of sulfonamides is 1. The van der Waals surface area contributed by atoms with Crippen LogP contribution in [0.1, 0.15) is 46.4 Å². The van der Waals surface area contributed by atoms with Crippen LogP contribution in [0.25, 0.3) is 11.3 Å². The predicted molar refractivity (Wildman–Crippen MR) is 149 cm³/mol. The third kappa shape index (κ3) is 6.46. The van der Waals surface area contributed by atoms with E-state index in [1.54, 1.807) is 25.1 Å². The number of hydrogen-bond donors (Lipinski definition) is 4. The average molecular weight is 535 g/mol. The van der Waals surface area contributed by atoms with Crippen molar-refractivity contribution >= 4 is 44.5 Å². The number of carbonyl (C=O) groups excluding carboxylic acids is 2. The van der Waals surface area contributed by atoms with Gasteiger partial charge in [-0.25, -0.2) is 17.9 Å². The van der Waals surface area contributed by atoms with Crippen LogP contribution < -0.4 is 21.1 Å². The van der Waals surface area contributed by atoms with Crippen molar-refractivity contribution in [3.63, 3.8) is 0 Å².